The molecule has 1 rings (SSSR count). The van der Waals surface area contributed by atoms with Gasteiger partial charge < -0.3 is 34.3 Å². The van der Waals surface area contributed by atoms with E-state index in [-0.39, 0.29) is 26.1 Å². The monoisotopic (exact) mass is 747 g/mol. The fraction of sp³-hybridized carbons (Fsp3) is 0.727. The Labute approximate surface area is 321 Å². The number of carbonyl (C=O) groups is 2. The maximum Gasteiger partial charge on any atom is 0.306 e. The highest BCUT2D eigenvalue weighted by molar-refractivity contribution is 5.70. The number of allylic oxidation sites excluding steroid dienone is 10. The smallest absolute Gasteiger partial charge is 0.306 e. The number of rotatable bonds is 32. The molecule has 304 valence electrons. The third kappa shape index (κ3) is 26.0. The van der Waals surface area contributed by atoms with Gasteiger partial charge in [-0.3, -0.25) is 9.59 Å². The summed E-state index contributed by atoms with van der Waals surface area (Å²) in [6.07, 6.45) is 34.4. The third-order valence-corrected chi connectivity index (χ3v) is 9.14. The van der Waals surface area contributed by atoms with Crippen molar-refractivity contribution in [3.8, 4) is 0 Å². The van der Waals surface area contributed by atoms with Crippen molar-refractivity contribution in [2.24, 2.45) is 0 Å². The molecule has 1 heterocycles. The first-order chi connectivity index (χ1) is 25.8. The molecule has 3 N–H and O–H groups in total. The second-order valence-electron chi connectivity index (χ2n) is 13.9. The van der Waals surface area contributed by atoms with Crippen molar-refractivity contribution < 1.29 is 43.9 Å². The van der Waals surface area contributed by atoms with E-state index in [4.69, 9.17) is 18.9 Å². The second kappa shape index (κ2) is 34.0. The summed E-state index contributed by atoms with van der Waals surface area (Å²) < 4.78 is 22.5. The first-order valence-corrected chi connectivity index (χ1v) is 20.7. The quantitative estimate of drug-likeness (QED) is 0.0350. The summed E-state index contributed by atoms with van der Waals surface area (Å²) in [4.78, 5) is 25.2. The largest absolute Gasteiger partial charge is 0.462 e. The van der Waals surface area contributed by atoms with Gasteiger partial charge in [-0.1, -0.05) is 146 Å². The summed E-state index contributed by atoms with van der Waals surface area (Å²) in [6, 6.07) is 0. The van der Waals surface area contributed by atoms with E-state index >= 15 is 0 Å². The van der Waals surface area contributed by atoms with Crippen molar-refractivity contribution >= 4 is 11.9 Å². The van der Waals surface area contributed by atoms with Crippen molar-refractivity contribution in [3.05, 3.63) is 60.8 Å². The summed E-state index contributed by atoms with van der Waals surface area (Å²) in [6.45, 7) is 5.75. The minimum absolute atomic E-state index is 0.199. The van der Waals surface area contributed by atoms with Crippen LogP contribution in [0.15, 0.2) is 60.8 Å². The third-order valence-electron chi connectivity index (χ3n) is 9.14. The molecule has 0 aromatic heterocycles. The molecule has 9 nitrogen and oxygen atoms in total. The minimum atomic E-state index is -1.49. The van der Waals surface area contributed by atoms with E-state index < -0.39 is 48.7 Å². The van der Waals surface area contributed by atoms with Crippen LogP contribution in [0.3, 0.4) is 0 Å². The number of aliphatic hydroxyl groups excluding tert-OH is 3. The average Bonchev–Trinajstić information content (AvgIpc) is 3.15. The number of carbonyl (C=O) groups excluding carboxylic acids is 2. The minimum Gasteiger partial charge on any atom is -0.462 e. The average molecular weight is 747 g/mol. The van der Waals surface area contributed by atoms with Gasteiger partial charge in [0.05, 0.1) is 12.7 Å². The predicted octanol–water partition coefficient (Wildman–Crippen LogP) is 9.30. The lowest BCUT2D eigenvalue weighted by Crippen LogP contribution is -2.58. The van der Waals surface area contributed by atoms with Gasteiger partial charge in [-0.25, -0.2) is 0 Å². The van der Waals surface area contributed by atoms with Gasteiger partial charge in [0.15, 0.2) is 12.4 Å². The Morgan fingerprint density at radius 2 is 1.09 bits per heavy atom. The van der Waals surface area contributed by atoms with Crippen molar-refractivity contribution in [2.75, 3.05) is 13.2 Å². The van der Waals surface area contributed by atoms with Gasteiger partial charge in [-0.15, -0.1) is 0 Å². The van der Waals surface area contributed by atoms with Crippen LogP contribution < -0.4 is 0 Å². The van der Waals surface area contributed by atoms with Crippen LogP contribution in [0.1, 0.15) is 156 Å². The molecule has 1 aliphatic rings. The van der Waals surface area contributed by atoms with E-state index in [0.717, 1.165) is 51.4 Å². The summed E-state index contributed by atoms with van der Waals surface area (Å²) in [5.74, 6) is -0.807. The standard InChI is InChI=1S/C44H74O9/c1-4-7-9-11-13-15-17-18-19-20-21-22-24-25-27-29-31-33-39(45)50-35-37(36-51-44-43(49)42(48)41(47)38(6-3)53-44)52-40(46)34-32-30-28-26-23-16-14-12-10-8-5-2/h7,9,13,15,18-19,21-22,25,27,37-38,41-44,47-49H,4-6,8,10-12,14,16-17,20,23-24,26,28-36H2,1-3H3/b9-7-,15-13-,19-18-,22-21-,27-25-. The number of aliphatic hydroxyl groups is 3. The zero-order valence-electron chi connectivity index (χ0n) is 33.3. The normalized spacial score (nSPS) is 21.5. The van der Waals surface area contributed by atoms with Gasteiger partial charge in [0.2, 0.25) is 0 Å². The molecule has 0 bridgehead atoms. The van der Waals surface area contributed by atoms with Crippen molar-refractivity contribution in [2.45, 2.75) is 192 Å². The van der Waals surface area contributed by atoms with Gasteiger partial charge in [0, 0.05) is 12.8 Å². The topological polar surface area (TPSA) is 132 Å². The van der Waals surface area contributed by atoms with Crippen LogP contribution in [0.2, 0.25) is 0 Å². The number of hydrogen-bond donors (Lipinski definition) is 3. The predicted molar refractivity (Wildman–Crippen MR) is 213 cm³/mol. The van der Waals surface area contributed by atoms with Crippen LogP contribution in [-0.4, -0.2) is 77.3 Å². The lowest BCUT2D eigenvalue weighted by atomic mass is 9.97. The molecule has 53 heavy (non-hydrogen) atoms. The number of unbranched alkanes of at least 4 members (excludes halogenated alkanes) is 11. The van der Waals surface area contributed by atoms with Crippen LogP contribution in [0.4, 0.5) is 0 Å². The Kier molecular flexibility index (Phi) is 31.1. The molecule has 6 unspecified atom stereocenters. The number of ether oxygens (including phenoxy) is 4. The summed E-state index contributed by atoms with van der Waals surface area (Å²) in [5.41, 5.74) is 0. The molecule has 6 atom stereocenters. The van der Waals surface area contributed by atoms with Crippen molar-refractivity contribution in [1.29, 1.82) is 0 Å². The Morgan fingerprint density at radius 3 is 1.64 bits per heavy atom. The highest BCUT2D eigenvalue weighted by Crippen LogP contribution is 2.24. The Morgan fingerprint density at radius 1 is 0.585 bits per heavy atom. The Bertz CT molecular complexity index is 1050. The molecule has 0 aromatic rings. The highest BCUT2D eigenvalue weighted by Gasteiger charge is 2.43. The molecule has 1 saturated heterocycles. The van der Waals surface area contributed by atoms with Crippen molar-refractivity contribution in [1.82, 2.24) is 0 Å². The first-order valence-electron chi connectivity index (χ1n) is 20.7. The molecule has 0 aliphatic carbocycles. The highest BCUT2D eigenvalue weighted by atomic mass is 16.7. The molecular weight excluding hydrogens is 672 g/mol. The van der Waals surface area contributed by atoms with Crippen LogP contribution in [-0.2, 0) is 28.5 Å². The number of esters is 2. The van der Waals surface area contributed by atoms with Gasteiger partial charge in [0.25, 0.3) is 0 Å². The van der Waals surface area contributed by atoms with Crippen LogP contribution in [0.5, 0.6) is 0 Å². The molecule has 9 heteroatoms. The van der Waals surface area contributed by atoms with E-state index in [0.29, 0.717) is 19.3 Å². The zero-order valence-corrected chi connectivity index (χ0v) is 33.3. The van der Waals surface area contributed by atoms with Crippen LogP contribution >= 0.6 is 0 Å². The van der Waals surface area contributed by atoms with Gasteiger partial charge >= 0.3 is 11.9 Å². The van der Waals surface area contributed by atoms with E-state index in [2.05, 4.69) is 74.6 Å². The van der Waals surface area contributed by atoms with E-state index in [1.807, 2.05) is 0 Å². The molecule has 1 fully saturated rings. The molecule has 0 saturated carbocycles. The second-order valence-corrected chi connectivity index (χ2v) is 13.9. The van der Waals surface area contributed by atoms with Crippen LogP contribution in [0.25, 0.3) is 0 Å². The Balaban J connectivity index is 2.42. The maximum atomic E-state index is 12.7. The van der Waals surface area contributed by atoms with Gasteiger partial charge in [-0.05, 0) is 57.8 Å². The van der Waals surface area contributed by atoms with Gasteiger partial charge in [-0.2, -0.15) is 0 Å². The SMILES string of the molecule is CC/C=C\C/C=C\C/C=C\C/C=C\C/C=C\CCCC(=O)OCC(COC1OC(CC)C(O)C(O)C1O)OC(=O)CCCCCCCCCCCCC. The maximum absolute atomic E-state index is 12.7. The van der Waals surface area contributed by atoms with Gasteiger partial charge in [0.1, 0.15) is 24.9 Å². The van der Waals surface area contributed by atoms with E-state index in [1.165, 1.54) is 51.4 Å². The molecule has 0 amide bonds. The molecule has 1 aliphatic heterocycles. The lowest BCUT2D eigenvalue weighted by molar-refractivity contribution is -0.301. The number of hydrogen-bond acceptors (Lipinski definition) is 9. The van der Waals surface area contributed by atoms with Crippen LogP contribution in [0, 0.1) is 0 Å². The molecule has 0 radical (unpaired) electrons. The first kappa shape index (κ1) is 48.5. The fourth-order valence-electron chi connectivity index (χ4n) is 5.88. The molecule has 0 spiro atoms. The van der Waals surface area contributed by atoms with E-state index in [9.17, 15) is 24.9 Å². The fourth-order valence-corrected chi connectivity index (χ4v) is 5.88. The Hall–Kier alpha value is -2.56. The summed E-state index contributed by atoms with van der Waals surface area (Å²) in [5, 5.41) is 30.8. The molecule has 0 aromatic carbocycles. The lowest BCUT2D eigenvalue weighted by Gasteiger charge is -2.40. The zero-order chi connectivity index (χ0) is 38.8. The molecular formula is C44H74O9. The summed E-state index contributed by atoms with van der Waals surface area (Å²) in [7, 11) is 0. The van der Waals surface area contributed by atoms with E-state index in [1.54, 1.807) is 6.92 Å². The van der Waals surface area contributed by atoms with Crippen molar-refractivity contribution in [3.63, 3.8) is 0 Å². The summed E-state index contributed by atoms with van der Waals surface area (Å²) >= 11 is 0.